The van der Waals surface area contributed by atoms with Gasteiger partial charge in [-0.25, -0.2) is 8.42 Å². The maximum absolute atomic E-state index is 11.6. The molecule has 3 nitrogen and oxygen atoms in total. The topological polar surface area (TPSA) is 34.1 Å². The number of nitrogens with zero attached hydrogens (tertiary/aromatic N) is 1. The zero-order valence-corrected chi connectivity index (χ0v) is 12.8. The summed E-state index contributed by atoms with van der Waals surface area (Å²) < 4.78 is 24.1. The minimum atomic E-state index is -2.77. The number of aryl methyl sites for hydroxylation is 1. The minimum Gasteiger partial charge on any atom is -0.318 e. The van der Waals surface area contributed by atoms with Gasteiger partial charge in [0, 0.05) is 6.42 Å². The van der Waals surface area contributed by atoms with Crippen molar-refractivity contribution in [2.75, 3.05) is 37.7 Å². The Balaban J connectivity index is 1.77. The summed E-state index contributed by atoms with van der Waals surface area (Å²) in [5.74, 6) is 0.723. The van der Waals surface area contributed by atoms with Gasteiger partial charge in [0.25, 0.3) is 0 Å². The maximum Gasteiger partial charge on any atom is 0.161 e. The van der Waals surface area contributed by atoms with Gasteiger partial charge in [0.2, 0.25) is 0 Å². The highest BCUT2D eigenvalue weighted by atomic mass is 32.2. The molecule has 0 bridgehead atoms. The van der Waals surface area contributed by atoms with Gasteiger partial charge in [0.1, 0.15) is 0 Å². The van der Waals surface area contributed by atoms with Gasteiger partial charge < -0.3 is 4.48 Å². The molecule has 0 atom stereocenters. The molecule has 2 aliphatic rings. The fourth-order valence-electron chi connectivity index (χ4n) is 3.32. The molecule has 0 amide bonds. The van der Waals surface area contributed by atoms with Gasteiger partial charge in [0.05, 0.1) is 37.7 Å². The summed E-state index contributed by atoms with van der Waals surface area (Å²) in [4.78, 5) is 0. The maximum atomic E-state index is 11.6. The van der Waals surface area contributed by atoms with Crippen molar-refractivity contribution in [1.82, 2.24) is 0 Å². The molecule has 0 radical (unpaired) electrons. The Kier molecular flexibility index (Phi) is 3.46. The van der Waals surface area contributed by atoms with Crippen molar-refractivity contribution in [2.24, 2.45) is 0 Å². The highest BCUT2D eigenvalue weighted by molar-refractivity contribution is 7.91. The van der Waals surface area contributed by atoms with Crippen LogP contribution >= 0.6 is 0 Å². The van der Waals surface area contributed by atoms with Gasteiger partial charge in [-0.05, 0) is 29.7 Å². The van der Waals surface area contributed by atoms with Crippen molar-refractivity contribution in [1.29, 1.82) is 0 Å². The van der Waals surface area contributed by atoms with E-state index in [0.29, 0.717) is 11.5 Å². The van der Waals surface area contributed by atoms with Gasteiger partial charge in [-0.2, -0.15) is 0 Å². The Labute approximate surface area is 121 Å². The molecule has 4 heteroatoms. The Hall–Kier alpha value is -1.13. The summed E-state index contributed by atoms with van der Waals surface area (Å²) >= 11 is 0. The standard InChI is InChI=1S/C16H22NO2S/c1-14-4-2-3-5-16(14)15-6-8-17(9-7-15)10-12-20(18,19)13-11-17/h2-6H,7-13H2,1H3/q+1. The van der Waals surface area contributed by atoms with E-state index in [2.05, 4.69) is 37.3 Å². The molecule has 0 aliphatic carbocycles. The third kappa shape index (κ3) is 2.67. The number of sulfone groups is 1. The quantitative estimate of drug-likeness (QED) is 0.742. The summed E-state index contributed by atoms with van der Waals surface area (Å²) in [6, 6.07) is 8.52. The van der Waals surface area contributed by atoms with E-state index in [1.165, 1.54) is 16.7 Å². The summed E-state index contributed by atoms with van der Waals surface area (Å²) in [6.07, 6.45) is 3.40. The third-order valence-corrected chi connectivity index (χ3v) is 6.43. The first-order valence-electron chi connectivity index (χ1n) is 7.30. The van der Waals surface area contributed by atoms with Gasteiger partial charge >= 0.3 is 0 Å². The van der Waals surface area contributed by atoms with Crippen LogP contribution in [0.2, 0.25) is 0 Å². The SMILES string of the molecule is Cc1ccccc1C1=CC[N+]2(CC1)CCS(=O)(=O)CC2. The molecule has 2 heterocycles. The minimum absolute atomic E-state index is 0.362. The van der Waals surface area contributed by atoms with Gasteiger partial charge in [0.15, 0.2) is 9.84 Å². The molecule has 0 saturated carbocycles. The van der Waals surface area contributed by atoms with E-state index in [4.69, 9.17) is 0 Å². The summed E-state index contributed by atoms with van der Waals surface area (Å²) in [7, 11) is -2.77. The van der Waals surface area contributed by atoms with Crippen LogP contribution in [0.5, 0.6) is 0 Å². The second kappa shape index (κ2) is 5.01. The molecule has 3 rings (SSSR count). The molecule has 0 aromatic heterocycles. The first kappa shape index (κ1) is 13.8. The fourth-order valence-corrected chi connectivity index (χ4v) is 4.85. The lowest BCUT2D eigenvalue weighted by Crippen LogP contribution is -2.58. The van der Waals surface area contributed by atoms with Crippen LogP contribution in [0.3, 0.4) is 0 Å². The van der Waals surface area contributed by atoms with E-state index in [-0.39, 0.29) is 0 Å². The first-order valence-corrected chi connectivity index (χ1v) is 9.12. The van der Waals surface area contributed by atoms with Crippen LogP contribution in [-0.2, 0) is 9.84 Å². The summed E-state index contributed by atoms with van der Waals surface area (Å²) in [5, 5.41) is 0. The van der Waals surface area contributed by atoms with Gasteiger partial charge in [-0.1, -0.05) is 24.3 Å². The average Bonchev–Trinajstić information content (AvgIpc) is 2.44. The fraction of sp³-hybridized carbons (Fsp3) is 0.500. The number of rotatable bonds is 1. The number of benzene rings is 1. The lowest BCUT2D eigenvalue weighted by Gasteiger charge is -2.43. The van der Waals surface area contributed by atoms with Crippen LogP contribution in [0.15, 0.2) is 30.3 Å². The second-order valence-corrected chi connectivity index (χ2v) is 8.44. The first-order chi connectivity index (χ1) is 9.50. The summed E-state index contributed by atoms with van der Waals surface area (Å²) in [6.45, 7) is 5.80. The molecule has 0 N–H and O–H groups in total. The van der Waals surface area contributed by atoms with Crippen LogP contribution in [0.1, 0.15) is 17.5 Å². The zero-order chi connectivity index (χ0) is 14.2. The van der Waals surface area contributed by atoms with E-state index in [0.717, 1.165) is 37.1 Å². The normalized spacial score (nSPS) is 24.4. The highest BCUT2D eigenvalue weighted by Crippen LogP contribution is 2.29. The van der Waals surface area contributed by atoms with Crippen LogP contribution in [0.4, 0.5) is 0 Å². The molecule has 108 valence electrons. The van der Waals surface area contributed by atoms with Crippen LogP contribution < -0.4 is 0 Å². The lowest BCUT2D eigenvalue weighted by molar-refractivity contribution is -0.920. The van der Waals surface area contributed by atoms with Crippen LogP contribution in [0.25, 0.3) is 5.57 Å². The van der Waals surface area contributed by atoms with Crippen molar-refractivity contribution in [3.05, 3.63) is 41.5 Å². The lowest BCUT2D eigenvalue weighted by atomic mass is 9.94. The van der Waals surface area contributed by atoms with Crippen LogP contribution in [-0.4, -0.2) is 50.6 Å². The Bertz CT molecular complexity index is 632. The van der Waals surface area contributed by atoms with Gasteiger partial charge in [-0.3, -0.25) is 0 Å². The second-order valence-electron chi connectivity index (χ2n) is 6.14. The molecular weight excluding hydrogens is 270 g/mol. The van der Waals surface area contributed by atoms with E-state index in [1.807, 2.05) is 0 Å². The molecular formula is C16H22NO2S+. The van der Waals surface area contributed by atoms with Crippen molar-refractivity contribution in [3.8, 4) is 0 Å². The Morgan fingerprint density at radius 3 is 2.35 bits per heavy atom. The smallest absolute Gasteiger partial charge is 0.161 e. The van der Waals surface area contributed by atoms with Crippen molar-refractivity contribution in [3.63, 3.8) is 0 Å². The van der Waals surface area contributed by atoms with Crippen molar-refractivity contribution >= 4 is 15.4 Å². The predicted octanol–water partition coefficient (Wildman–Crippen LogP) is 2.03. The molecule has 1 aromatic rings. The Morgan fingerprint density at radius 1 is 1.05 bits per heavy atom. The largest absolute Gasteiger partial charge is 0.318 e. The molecule has 1 aromatic carbocycles. The number of hydrogen-bond acceptors (Lipinski definition) is 2. The molecule has 1 saturated heterocycles. The van der Waals surface area contributed by atoms with E-state index < -0.39 is 9.84 Å². The molecule has 1 fully saturated rings. The molecule has 20 heavy (non-hydrogen) atoms. The average molecular weight is 292 g/mol. The van der Waals surface area contributed by atoms with Crippen molar-refractivity contribution < 1.29 is 12.9 Å². The highest BCUT2D eigenvalue weighted by Gasteiger charge is 2.37. The molecule has 0 unspecified atom stereocenters. The predicted molar refractivity (Wildman–Crippen MR) is 82.2 cm³/mol. The third-order valence-electron chi connectivity index (χ3n) is 4.82. The zero-order valence-electron chi connectivity index (χ0n) is 12.0. The monoisotopic (exact) mass is 292 g/mol. The van der Waals surface area contributed by atoms with Gasteiger partial charge in [-0.15, -0.1) is 0 Å². The van der Waals surface area contributed by atoms with E-state index >= 15 is 0 Å². The van der Waals surface area contributed by atoms with Crippen molar-refractivity contribution in [2.45, 2.75) is 13.3 Å². The van der Waals surface area contributed by atoms with Crippen LogP contribution in [0, 0.1) is 6.92 Å². The summed E-state index contributed by atoms with van der Waals surface area (Å²) in [5.41, 5.74) is 4.11. The Morgan fingerprint density at radius 2 is 1.75 bits per heavy atom. The molecule has 2 aliphatic heterocycles. The van der Waals surface area contributed by atoms with E-state index in [1.54, 1.807) is 0 Å². The molecule has 1 spiro atoms. The number of hydrogen-bond donors (Lipinski definition) is 0. The van der Waals surface area contributed by atoms with E-state index in [9.17, 15) is 8.42 Å². The number of quaternary nitrogens is 1.